The third-order valence-electron chi connectivity index (χ3n) is 4.14. The van der Waals surface area contributed by atoms with Crippen molar-refractivity contribution >= 4 is 35.6 Å². The highest BCUT2D eigenvalue weighted by molar-refractivity contribution is 6.04. The number of hydrogen-bond acceptors (Lipinski definition) is 9. The first-order valence-corrected chi connectivity index (χ1v) is 8.61. The second-order valence-corrected chi connectivity index (χ2v) is 6.23. The Morgan fingerprint density at radius 2 is 1.23 bits per heavy atom. The number of nitrogens with zero attached hydrogens (tertiary/aromatic N) is 5. The molecule has 30 heavy (non-hydrogen) atoms. The van der Waals surface area contributed by atoms with Gasteiger partial charge < -0.3 is 9.68 Å². The van der Waals surface area contributed by atoms with Gasteiger partial charge in [-0.3, -0.25) is 19.2 Å². The van der Waals surface area contributed by atoms with Gasteiger partial charge >= 0.3 is 11.9 Å². The van der Waals surface area contributed by atoms with Gasteiger partial charge in [0.2, 0.25) is 0 Å². The Kier molecular flexibility index (Phi) is 5.74. The Labute approximate surface area is 167 Å². The van der Waals surface area contributed by atoms with Gasteiger partial charge in [0.05, 0.1) is 17.7 Å². The standard InChI is InChI=1S/C17H13N5O8/c18-20-19-8-9-5-10(16(27)29-21-12(23)1-2-13(21)24)7-11(6-9)17(28)30-22-14(25)3-4-15(22)26/h5-7H,1-4,8H2. The van der Waals surface area contributed by atoms with Gasteiger partial charge in [-0.25, -0.2) is 9.59 Å². The van der Waals surface area contributed by atoms with Gasteiger partial charge in [-0.05, 0) is 29.3 Å². The number of hydrogen-bond donors (Lipinski definition) is 0. The topological polar surface area (TPSA) is 176 Å². The Hall–Kier alpha value is -4.25. The first kappa shape index (κ1) is 20.5. The molecule has 1 aromatic carbocycles. The minimum atomic E-state index is -1.12. The Morgan fingerprint density at radius 3 is 1.60 bits per heavy atom. The molecule has 0 bridgehead atoms. The largest absolute Gasteiger partial charge is 0.363 e. The minimum absolute atomic E-state index is 0.0987. The molecule has 154 valence electrons. The highest BCUT2D eigenvalue weighted by Gasteiger charge is 2.35. The van der Waals surface area contributed by atoms with E-state index in [9.17, 15) is 28.8 Å². The fourth-order valence-electron chi connectivity index (χ4n) is 2.72. The second-order valence-electron chi connectivity index (χ2n) is 6.23. The maximum Gasteiger partial charge on any atom is 0.363 e. The zero-order chi connectivity index (χ0) is 21.8. The van der Waals surface area contributed by atoms with Crippen LogP contribution in [0.1, 0.15) is 52.0 Å². The molecule has 0 spiro atoms. The van der Waals surface area contributed by atoms with E-state index in [0.29, 0.717) is 10.1 Å². The van der Waals surface area contributed by atoms with Gasteiger partial charge in [0, 0.05) is 30.6 Å². The molecule has 4 amide bonds. The van der Waals surface area contributed by atoms with Crippen LogP contribution in [0, 0.1) is 0 Å². The molecule has 1 aromatic rings. The molecule has 0 radical (unpaired) electrons. The highest BCUT2D eigenvalue weighted by Crippen LogP contribution is 2.19. The molecule has 3 rings (SSSR count). The molecule has 0 atom stereocenters. The lowest BCUT2D eigenvalue weighted by molar-refractivity contribution is -0.173. The third-order valence-corrected chi connectivity index (χ3v) is 4.14. The third kappa shape index (κ3) is 4.25. The minimum Gasteiger partial charge on any atom is -0.325 e. The molecular formula is C17H13N5O8. The predicted octanol–water partition coefficient (Wildman–Crippen LogP) is 0.939. The van der Waals surface area contributed by atoms with Crippen LogP contribution >= 0.6 is 0 Å². The van der Waals surface area contributed by atoms with Crippen LogP contribution < -0.4 is 0 Å². The average molecular weight is 415 g/mol. The van der Waals surface area contributed by atoms with E-state index in [1.54, 1.807) is 0 Å². The first-order chi connectivity index (χ1) is 14.3. The summed E-state index contributed by atoms with van der Waals surface area (Å²) in [6.45, 7) is -0.249. The van der Waals surface area contributed by atoms with E-state index in [1.165, 1.54) is 12.1 Å². The predicted molar refractivity (Wildman–Crippen MR) is 92.3 cm³/mol. The molecule has 0 unspecified atom stereocenters. The van der Waals surface area contributed by atoms with Crippen LogP contribution in [-0.4, -0.2) is 45.7 Å². The summed E-state index contributed by atoms with van der Waals surface area (Å²) in [4.78, 5) is 83.5. The van der Waals surface area contributed by atoms with E-state index in [0.717, 1.165) is 6.07 Å². The number of amides is 4. The van der Waals surface area contributed by atoms with E-state index in [4.69, 9.17) is 15.2 Å². The molecule has 2 aliphatic rings. The van der Waals surface area contributed by atoms with Crippen molar-refractivity contribution in [2.24, 2.45) is 5.11 Å². The van der Waals surface area contributed by atoms with Crippen LogP contribution in [0.25, 0.3) is 10.4 Å². The SMILES string of the molecule is [N-]=[N+]=NCc1cc(C(=O)ON2C(=O)CCC2=O)cc(C(=O)ON2C(=O)CCC2=O)c1. The average Bonchev–Trinajstić information content (AvgIpc) is 3.22. The molecule has 13 heteroatoms. The van der Waals surface area contributed by atoms with Crippen molar-refractivity contribution in [2.45, 2.75) is 32.2 Å². The zero-order valence-electron chi connectivity index (χ0n) is 15.3. The van der Waals surface area contributed by atoms with Gasteiger partial charge in [0.1, 0.15) is 0 Å². The Morgan fingerprint density at radius 1 is 0.833 bits per heavy atom. The fraction of sp³-hybridized carbons (Fsp3) is 0.294. The zero-order valence-corrected chi connectivity index (χ0v) is 15.3. The van der Waals surface area contributed by atoms with Gasteiger partial charge in [0.15, 0.2) is 0 Å². The van der Waals surface area contributed by atoms with Crippen LogP contribution in [-0.2, 0) is 35.4 Å². The molecule has 0 N–H and O–H groups in total. The quantitative estimate of drug-likeness (QED) is 0.285. The van der Waals surface area contributed by atoms with E-state index >= 15 is 0 Å². The van der Waals surface area contributed by atoms with Crippen molar-refractivity contribution in [3.63, 3.8) is 0 Å². The van der Waals surface area contributed by atoms with Crippen molar-refractivity contribution in [3.05, 3.63) is 45.3 Å². The summed E-state index contributed by atoms with van der Waals surface area (Å²) in [6, 6.07) is 3.48. The lowest BCUT2D eigenvalue weighted by Gasteiger charge is -2.15. The normalized spacial score (nSPS) is 16.0. The summed E-state index contributed by atoms with van der Waals surface area (Å²) in [5, 5.41) is 4.01. The number of carbonyl (C=O) groups is 6. The van der Waals surface area contributed by atoms with Gasteiger partial charge in [-0.15, -0.1) is 10.1 Å². The summed E-state index contributed by atoms with van der Waals surface area (Å²) in [5.74, 6) is -5.00. The lowest BCUT2D eigenvalue weighted by Crippen LogP contribution is -2.33. The summed E-state index contributed by atoms with van der Waals surface area (Å²) in [6.07, 6.45) is -0.395. The number of azide groups is 1. The smallest absolute Gasteiger partial charge is 0.325 e. The number of carbonyl (C=O) groups excluding carboxylic acids is 6. The van der Waals surface area contributed by atoms with Crippen molar-refractivity contribution in [2.75, 3.05) is 0 Å². The van der Waals surface area contributed by atoms with Crippen molar-refractivity contribution < 1.29 is 38.4 Å². The van der Waals surface area contributed by atoms with E-state index in [-0.39, 0.29) is 48.9 Å². The lowest BCUT2D eigenvalue weighted by atomic mass is 10.1. The maximum absolute atomic E-state index is 12.4. The molecule has 0 saturated carbocycles. The van der Waals surface area contributed by atoms with E-state index < -0.39 is 35.6 Å². The Balaban J connectivity index is 1.86. The second kappa shape index (κ2) is 8.41. The fourth-order valence-corrected chi connectivity index (χ4v) is 2.72. The van der Waals surface area contributed by atoms with Gasteiger partial charge in [-0.2, -0.15) is 0 Å². The molecule has 2 aliphatic heterocycles. The van der Waals surface area contributed by atoms with E-state index in [2.05, 4.69) is 10.0 Å². The highest BCUT2D eigenvalue weighted by atomic mass is 16.7. The van der Waals surface area contributed by atoms with Crippen LogP contribution in [0.4, 0.5) is 0 Å². The van der Waals surface area contributed by atoms with Crippen LogP contribution in [0.5, 0.6) is 0 Å². The summed E-state index contributed by atoms with van der Waals surface area (Å²) in [5.41, 5.74) is 8.19. The monoisotopic (exact) mass is 415 g/mol. The van der Waals surface area contributed by atoms with Gasteiger partial charge in [0.25, 0.3) is 23.6 Å². The number of benzene rings is 1. The molecule has 0 aliphatic carbocycles. The van der Waals surface area contributed by atoms with Crippen LogP contribution in [0.2, 0.25) is 0 Å². The molecule has 0 aromatic heterocycles. The van der Waals surface area contributed by atoms with Crippen LogP contribution in [0.3, 0.4) is 0 Å². The summed E-state index contributed by atoms with van der Waals surface area (Å²) >= 11 is 0. The first-order valence-electron chi connectivity index (χ1n) is 8.61. The van der Waals surface area contributed by atoms with Gasteiger partial charge in [-0.1, -0.05) is 5.11 Å². The molecule has 2 heterocycles. The number of rotatable bonds is 6. The molecular weight excluding hydrogens is 402 g/mol. The van der Waals surface area contributed by atoms with Crippen molar-refractivity contribution in [1.82, 2.24) is 10.1 Å². The number of hydroxylamine groups is 4. The Bertz CT molecular complexity index is 929. The molecule has 13 nitrogen and oxygen atoms in total. The van der Waals surface area contributed by atoms with Crippen molar-refractivity contribution in [3.8, 4) is 0 Å². The van der Waals surface area contributed by atoms with Crippen LogP contribution in [0.15, 0.2) is 23.3 Å². The summed E-state index contributed by atoms with van der Waals surface area (Å²) < 4.78 is 0. The maximum atomic E-state index is 12.4. The van der Waals surface area contributed by atoms with Crippen molar-refractivity contribution in [1.29, 1.82) is 0 Å². The summed E-state index contributed by atoms with van der Waals surface area (Å²) in [7, 11) is 0. The number of imide groups is 2. The van der Waals surface area contributed by atoms with E-state index in [1.807, 2.05) is 0 Å². The molecule has 2 saturated heterocycles. The molecule has 2 fully saturated rings.